The molecule has 5 nitrogen and oxygen atoms in total. The average molecular weight is 288 g/mol. The van der Waals surface area contributed by atoms with Crippen molar-refractivity contribution in [2.75, 3.05) is 6.54 Å². The summed E-state index contributed by atoms with van der Waals surface area (Å²) in [5, 5.41) is 13.1. The van der Waals surface area contributed by atoms with Crippen molar-refractivity contribution in [1.82, 2.24) is 10.3 Å². The zero-order chi connectivity index (χ0) is 15.5. The quantitative estimate of drug-likeness (QED) is 0.764. The number of benzene rings is 1. The van der Waals surface area contributed by atoms with Crippen molar-refractivity contribution < 1.29 is 14.7 Å². The highest BCUT2D eigenvalue weighted by Crippen LogP contribution is 2.26. The second-order valence-electron chi connectivity index (χ2n) is 5.22. The van der Waals surface area contributed by atoms with Gasteiger partial charge in [0.05, 0.1) is 16.5 Å². The number of carbonyl (C=O) groups is 2. The van der Waals surface area contributed by atoms with Crippen LogP contribution in [0, 0.1) is 5.41 Å². The normalized spacial score (nSPS) is 11.5. The van der Waals surface area contributed by atoms with Crippen LogP contribution in [-0.4, -0.2) is 28.5 Å². The van der Waals surface area contributed by atoms with Gasteiger partial charge in [0.15, 0.2) is 0 Å². The van der Waals surface area contributed by atoms with E-state index in [0.29, 0.717) is 18.4 Å². The third-order valence-electron chi connectivity index (χ3n) is 4.23. The van der Waals surface area contributed by atoms with Crippen LogP contribution >= 0.6 is 0 Å². The summed E-state index contributed by atoms with van der Waals surface area (Å²) in [6.45, 7) is 3.79. The highest BCUT2D eigenvalue weighted by molar-refractivity contribution is 6.05. The van der Waals surface area contributed by atoms with Crippen LogP contribution in [-0.2, 0) is 4.79 Å². The Balaban J connectivity index is 2.18. The maximum absolute atomic E-state index is 12.3. The number of carboxylic acid groups (broad SMARTS) is 1. The van der Waals surface area contributed by atoms with Crippen LogP contribution in [0.4, 0.5) is 0 Å². The minimum Gasteiger partial charge on any atom is -0.481 e. The highest BCUT2D eigenvalue weighted by Gasteiger charge is 2.35. The van der Waals surface area contributed by atoms with Gasteiger partial charge >= 0.3 is 5.97 Å². The summed E-state index contributed by atoms with van der Waals surface area (Å²) >= 11 is 0. The second kappa shape index (κ2) is 5.99. The molecule has 112 valence electrons. The number of aliphatic carboxylic acids is 1. The van der Waals surface area contributed by atoms with Gasteiger partial charge in [-0.25, -0.2) is 0 Å². The van der Waals surface area contributed by atoms with Crippen molar-refractivity contribution in [1.29, 1.82) is 0 Å². The third kappa shape index (κ3) is 2.77. The molecule has 1 aromatic heterocycles. The first-order chi connectivity index (χ1) is 10.0. The van der Waals surface area contributed by atoms with Gasteiger partial charge in [0.1, 0.15) is 0 Å². The third-order valence-corrected chi connectivity index (χ3v) is 4.23. The number of para-hydroxylation sites is 1. The minimum atomic E-state index is -0.903. The molecule has 0 saturated heterocycles. The van der Waals surface area contributed by atoms with Crippen molar-refractivity contribution >= 4 is 22.8 Å². The van der Waals surface area contributed by atoms with Crippen molar-refractivity contribution in [2.45, 2.75) is 26.7 Å². The van der Waals surface area contributed by atoms with Gasteiger partial charge in [-0.2, -0.15) is 0 Å². The monoisotopic (exact) mass is 288 g/mol. The number of fused-ring (bicyclic) bond motifs is 1. The molecular weight excluding hydrogens is 268 g/mol. The van der Waals surface area contributed by atoms with Gasteiger partial charge < -0.3 is 15.4 Å². The Labute approximate surface area is 123 Å². The Kier molecular flexibility index (Phi) is 4.31. The number of H-pyrrole nitrogens is 1. The zero-order valence-electron chi connectivity index (χ0n) is 12.3. The van der Waals surface area contributed by atoms with Gasteiger partial charge in [0.2, 0.25) is 0 Å². The highest BCUT2D eigenvalue weighted by atomic mass is 16.4. The van der Waals surface area contributed by atoms with Crippen LogP contribution in [0.2, 0.25) is 0 Å². The fourth-order valence-corrected chi connectivity index (χ4v) is 2.50. The molecule has 0 fully saturated rings. The molecule has 5 heteroatoms. The van der Waals surface area contributed by atoms with Crippen LogP contribution in [0.3, 0.4) is 0 Å². The van der Waals surface area contributed by atoms with E-state index in [-0.39, 0.29) is 12.5 Å². The fourth-order valence-electron chi connectivity index (χ4n) is 2.50. The summed E-state index contributed by atoms with van der Waals surface area (Å²) in [4.78, 5) is 26.8. The number of aromatic amines is 1. The summed E-state index contributed by atoms with van der Waals surface area (Å²) in [6.07, 6.45) is 2.73. The van der Waals surface area contributed by atoms with E-state index in [0.717, 1.165) is 10.9 Å². The molecule has 1 aromatic carbocycles. The van der Waals surface area contributed by atoms with Gasteiger partial charge in [-0.15, -0.1) is 0 Å². The molecule has 0 bridgehead atoms. The van der Waals surface area contributed by atoms with Crippen molar-refractivity contribution in [2.24, 2.45) is 5.41 Å². The molecule has 0 spiro atoms. The number of hydrogen-bond donors (Lipinski definition) is 3. The molecule has 2 rings (SSSR count). The lowest BCUT2D eigenvalue weighted by Crippen LogP contribution is -2.42. The first kappa shape index (κ1) is 15.1. The van der Waals surface area contributed by atoms with E-state index in [1.54, 1.807) is 12.3 Å². The van der Waals surface area contributed by atoms with Crippen LogP contribution in [0.1, 0.15) is 37.0 Å². The molecule has 0 unspecified atom stereocenters. The average Bonchev–Trinajstić information content (AvgIpc) is 2.96. The summed E-state index contributed by atoms with van der Waals surface area (Å²) in [5.74, 6) is -1.12. The molecule has 0 aliphatic carbocycles. The summed E-state index contributed by atoms with van der Waals surface area (Å²) in [5.41, 5.74) is 0.396. The van der Waals surface area contributed by atoms with E-state index in [2.05, 4.69) is 10.3 Å². The van der Waals surface area contributed by atoms with Gasteiger partial charge in [-0.05, 0) is 25.0 Å². The van der Waals surface area contributed by atoms with Gasteiger partial charge in [-0.3, -0.25) is 9.59 Å². The lowest BCUT2D eigenvalue weighted by molar-refractivity contribution is -0.149. The summed E-state index contributed by atoms with van der Waals surface area (Å²) in [6, 6.07) is 7.36. The number of carboxylic acids is 1. The zero-order valence-corrected chi connectivity index (χ0v) is 12.3. The molecule has 0 radical (unpaired) electrons. The molecule has 21 heavy (non-hydrogen) atoms. The summed E-state index contributed by atoms with van der Waals surface area (Å²) in [7, 11) is 0. The largest absolute Gasteiger partial charge is 0.481 e. The Hall–Kier alpha value is -2.30. The van der Waals surface area contributed by atoms with E-state index in [4.69, 9.17) is 0 Å². The van der Waals surface area contributed by atoms with E-state index in [1.807, 2.05) is 32.0 Å². The molecule has 0 atom stereocenters. The number of rotatable bonds is 6. The number of carbonyl (C=O) groups excluding carboxylic acids is 1. The Morgan fingerprint density at radius 1 is 1.24 bits per heavy atom. The van der Waals surface area contributed by atoms with Crippen molar-refractivity contribution in [3.8, 4) is 0 Å². The van der Waals surface area contributed by atoms with E-state index in [9.17, 15) is 14.7 Å². The molecule has 0 saturated carbocycles. The second-order valence-corrected chi connectivity index (χ2v) is 5.22. The number of hydrogen-bond acceptors (Lipinski definition) is 2. The predicted molar refractivity (Wildman–Crippen MR) is 81.3 cm³/mol. The fraction of sp³-hybridized carbons (Fsp3) is 0.375. The Morgan fingerprint density at radius 2 is 1.95 bits per heavy atom. The van der Waals surface area contributed by atoms with E-state index < -0.39 is 11.4 Å². The molecule has 0 aliphatic rings. The lowest BCUT2D eigenvalue weighted by atomic mass is 9.82. The van der Waals surface area contributed by atoms with E-state index >= 15 is 0 Å². The summed E-state index contributed by atoms with van der Waals surface area (Å²) < 4.78 is 0. The SMILES string of the molecule is CCC(CC)(CNC(=O)c1cccc2cc[nH]c12)C(=O)O. The Morgan fingerprint density at radius 3 is 2.57 bits per heavy atom. The minimum absolute atomic E-state index is 0.130. The Bertz CT molecular complexity index is 656. The molecule has 1 heterocycles. The van der Waals surface area contributed by atoms with Gasteiger partial charge in [-0.1, -0.05) is 26.0 Å². The molecule has 3 N–H and O–H groups in total. The first-order valence-electron chi connectivity index (χ1n) is 7.11. The topological polar surface area (TPSA) is 82.2 Å². The number of nitrogens with one attached hydrogen (secondary N) is 2. The standard InChI is InChI=1S/C16H20N2O3/c1-3-16(4-2,15(20)21)10-18-14(19)12-7-5-6-11-8-9-17-13(11)12/h5-9,17H,3-4,10H2,1-2H3,(H,18,19)(H,20,21). The van der Waals surface area contributed by atoms with Crippen molar-refractivity contribution in [3.63, 3.8) is 0 Å². The van der Waals surface area contributed by atoms with Crippen LogP contribution < -0.4 is 5.32 Å². The van der Waals surface area contributed by atoms with Gasteiger partial charge in [0, 0.05) is 18.1 Å². The van der Waals surface area contributed by atoms with Crippen LogP contribution in [0.15, 0.2) is 30.5 Å². The van der Waals surface area contributed by atoms with Crippen LogP contribution in [0.5, 0.6) is 0 Å². The molecule has 0 aliphatic heterocycles. The maximum Gasteiger partial charge on any atom is 0.311 e. The first-order valence-corrected chi connectivity index (χ1v) is 7.11. The molecule has 2 aromatic rings. The van der Waals surface area contributed by atoms with Crippen molar-refractivity contribution in [3.05, 3.63) is 36.0 Å². The van der Waals surface area contributed by atoms with Gasteiger partial charge in [0.25, 0.3) is 5.91 Å². The van der Waals surface area contributed by atoms with Crippen LogP contribution in [0.25, 0.3) is 10.9 Å². The van der Waals surface area contributed by atoms with E-state index in [1.165, 1.54) is 0 Å². The predicted octanol–water partition coefficient (Wildman–Crippen LogP) is 2.79. The molecular formula is C16H20N2O3. The maximum atomic E-state index is 12.3. The lowest BCUT2D eigenvalue weighted by Gasteiger charge is -2.26. The number of aromatic nitrogens is 1. The smallest absolute Gasteiger partial charge is 0.311 e. The molecule has 1 amide bonds. The number of amides is 1.